The van der Waals surface area contributed by atoms with E-state index in [1.54, 1.807) is 0 Å². The van der Waals surface area contributed by atoms with Crippen LogP contribution in [0.15, 0.2) is 0 Å². The highest BCUT2D eigenvalue weighted by atomic mass is 16.5. The summed E-state index contributed by atoms with van der Waals surface area (Å²) in [5.74, 6) is -0.321. The zero-order valence-corrected chi connectivity index (χ0v) is 7.45. The standard InChI is InChI=1S/C7H13N3O3/c1-10(7(8)12)9-6(11)5-3-2-4-13-5/h5H,2-4H2,1H3,(H2,8,12)(H,9,11)/t5-/m0/s1. The topological polar surface area (TPSA) is 84.7 Å². The van der Waals surface area contributed by atoms with Gasteiger partial charge in [0.25, 0.3) is 5.91 Å². The van der Waals surface area contributed by atoms with Crippen LogP contribution in [0.4, 0.5) is 4.79 Å². The number of carbonyl (C=O) groups is 2. The number of hydrogen-bond acceptors (Lipinski definition) is 3. The summed E-state index contributed by atoms with van der Waals surface area (Å²) in [6, 6.07) is -0.702. The maximum Gasteiger partial charge on any atom is 0.333 e. The minimum atomic E-state index is -0.702. The predicted octanol–water partition coefficient (Wildman–Crippen LogP) is -0.793. The van der Waals surface area contributed by atoms with Gasteiger partial charge in [-0.1, -0.05) is 0 Å². The summed E-state index contributed by atoms with van der Waals surface area (Å²) in [4.78, 5) is 21.8. The molecular formula is C7H13N3O3. The van der Waals surface area contributed by atoms with Crippen LogP contribution in [0.3, 0.4) is 0 Å². The van der Waals surface area contributed by atoms with Gasteiger partial charge in [0.05, 0.1) is 0 Å². The Hall–Kier alpha value is -1.30. The molecule has 1 rings (SSSR count). The fourth-order valence-corrected chi connectivity index (χ4v) is 1.08. The van der Waals surface area contributed by atoms with Crippen LogP contribution in [0.5, 0.6) is 0 Å². The van der Waals surface area contributed by atoms with Gasteiger partial charge in [-0.05, 0) is 12.8 Å². The largest absolute Gasteiger partial charge is 0.368 e. The molecule has 0 aromatic rings. The molecule has 1 fully saturated rings. The SMILES string of the molecule is CN(NC(=O)[C@@H]1CCCO1)C(N)=O. The van der Waals surface area contributed by atoms with E-state index in [1.807, 2.05) is 0 Å². The van der Waals surface area contributed by atoms with Gasteiger partial charge in [-0.25, -0.2) is 9.80 Å². The molecule has 0 aliphatic carbocycles. The number of nitrogens with one attached hydrogen (secondary N) is 1. The van der Waals surface area contributed by atoms with Crippen molar-refractivity contribution in [2.24, 2.45) is 5.73 Å². The fraction of sp³-hybridized carbons (Fsp3) is 0.714. The number of urea groups is 1. The molecule has 3 N–H and O–H groups in total. The first-order chi connectivity index (χ1) is 6.11. The number of amides is 3. The Kier molecular flexibility index (Phi) is 3.07. The molecule has 0 saturated carbocycles. The second kappa shape index (κ2) is 4.08. The Balaban J connectivity index is 2.35. The molecule has 0 radical (unpaired) electrons. The molecule has 1 aliphatic rings. The molecule has 0 aromatic heterocycles. The minimum Gasteiger partial charge on any atom is -0.368 e. The number of nitrogens with two attached hydrogens (primary N) is 1. The lowest BCUT2D eigenvalue weighted by Gasteiger charge is -2.17. The van der Waals surface area contributed by atoms with Gasteiger partial charge in [0, 0.05) is 13.7 Å². The van der Waals surface area contributed by atoms with Crippen molar-refractivity contribution in [2.45, 2.75) is 18.9 Å². The monoisotopic (exact) mass is 187 g/mol. The molecule has 3 amide bonds. The van der Waals surface area contributed by atoms with E-state index in [0.717, 1.165) is 11.4 Å². The number of rotatable bonds is 1. The van der Waals surface area contributed by atoms with Crippen molar-refractivity contribution < 1.29 is 14.3 Å². The van der Waals surface area contributed by atoms with Crippen molar-refractivity contribution in [1.29, 1.82) is 0 Å². The third-order valence-electron chi connectivity index (χ3n) is 1.83. The van der Waals surface area contributed by atoms with E-state index in [-0.39, 0.29) is 5.91 Å². The fourth-order valence-electron chi connectivity index (χ4n) is 1.08. The number of primary amides is 1. The van der Waals surface area contributed by atoms with E-state index in [4.69, 9.17) is 10.5 Å². The zero-order chi connectivity index (χ0) is 9.84. The van der Waals surface area contributed by atoms with E-state index in [9.17, 15) is 9.59 Å². The van der Waals surface area contributed by atoms with E-state index >= 15 is 0 Å². The first-order valence-corrected chi connectivity index (χ1v) is 4.06. The van der Waals surface area contributed by atoms with Crippen molar-refractivity contribution in [3.05, 3.63) is 0 Å². The highest BCUT2D eigenvalue weighted by Gasteiger charge is 2.24. The lowest BCUT2D eigenvalue weighted by atomic mass is 10.2. The normalized spacial score (nSPS) is 21.2. The van der Waals surface area contributed by atoms with Crippen molar-refractivity contribution in [3.63, 3.8) is 0 Å². The summed E-state index contributed by atoms with van der Waals surface area (Å²) in [6.07, 6.45) is 1.12. The lowest BCUT2D eigenvalue weighted by Crippen LogP contribution is -2.49. The minimum absolute atomic E-state index is 0.321. The Morgan fingerprint density at radius 1 is 1.62 bits per heavy atom. The maximum absolute atomic E-state index is 11.3. The third-order valence-corrected chi connectivity index (χ3v) is 1.83. The first-order valence-electron chi connectivity index (χ1n) is 4.06. The van der Waals surface area contributed by atoms with E-state index < -0.39 is 12.1 Å². The van der Waals surface area contributed by atoms with Crippen LogP contribution in [0.1, 0.15) is 12.8 Å². The number of hydrogen-bond donors (Lipinski definition) is 2. The van der Waals surface area contributed by atoms with Crippen molar-refractivity contribution in [1.82, 2.24) is 10.4 Å². The average Bonchev–Trinajstić information content (AvgIpc) is 2.55. The van der Waals surface area contributed by atoms with Crippen LogP contribution in [0.2, 0.25) is 0 Å². The molecule has 0 spiro atoms. The molecule has 74 valence electrons. The van der Waals surface area contributed by atoms with Crippen LogP contribution in [-0.4, -0.2) is 36.7 Å². The molecule has 1 saturated heterocycles. The Morgan fingerprint density at radius 2 is 2.31 bits per heavy atom. The van der Waals surface area contributed by atoms with Crippen LogP contribution < -0.4 is 11.2 Å². The number of nitrogens with zero attached hydrogens (tertiary/aromatic N) is 1. The van der Waals surface area contributed by atoms with Crippen molar-refractivity contribution >= 4 is 11.9 Å². The van der Waals surface area contributed by atoms with E-state index in [2.05, 4.69) is 5.43 Å². The van der Waals surface area contributed by atoms with Crippen molar-refractivity contribution in [2.75, 3.05) is 13.7 Å². The third kappa shape index (κ3) is 2.59. The second-order valence-electron chi connectivity index (χ2n) is 2.87. The summed E-state index contributed by atoms with van der Waals surface area (Å²) in [6.45, 7) is 0.596. The Morgan fingerprint density at radius 3 is 2.77 bits per heavy atom. The highest BCUT2D eigenvalue weighted by molar-refractivity contribution is 5.83. The zero-order valence-electron chi connectivity index (χ0n) is 7.45. The van der Waals surface area contributed by atoms with Crippen LogP contribution >= 0.6 is 0 Å². The molecule has 1 aliphatic heterocycles. The predicted molar refractivity (Wildman–Crippen MR) is 44.5 cm³/mol. The van der Waals surface area contributed by atoms with Gasteiger partial charge < -0.3 is 10.5 Å². The smallest absolute Gasteiger partial charge is 0.333 e. The lowest BCUT2D eigenvalue weighted by molar-refractivity contribution is -0.133. The molecule has 1 heterocycles. The van der Waals surface area contributed by atoms with Crippen LogP contribution in [-0.2, 0) is 9.53 Å². The molecule has 6 heteroatoms. The van der Waals surface area contributed by atoms with Gasteiger partial charge in [-0.15, -0.1) is 0 Å². The van der Waals surface area contributed by atoms with Gasteiger partial charge in [-0.2, -0.15) is 0 Å². The van der Waals surface area contributed by atoms with Crippen LogP contribution in [0, 0.1) is 0 Å². The van der Waals surface area contributed by atoms with E-state index in [0.29, 0.717) is 13.0 Å². The molecule has 13 heavy (non-hydrogen) atoms. The Bertz CT molecular complexity index is 213. The summed E-state index contributed by atoms with van der Waals surface area (Å²) < 4.78 is 5.10. The number of hydrazine groups is 1. The Labute approximate surface area is 76.0 Å². The number of carbonyl (C=O) groups excluding carboxylic acids is 2. The first kappa shape index (κ1) is 9.79. The summed E-state index contributed by atoms with van der Waals surface area (Å²) >= 11 is 0. The maximum atomic E-state index is 11.3. The van der Waals surface area contributed by atoms with Crippen molar-refractivity contribution in [3.8, 4) is 0 Å². The van der Waals surface area contributed by atoms with Gasteiger partial charge >= 0.3 is 6.03 Å². The van der Waals surface area contributed by atoms with Gasteiger partial charge in [0.2, 0.25) is 0 Å². The average molecular weight is 187 g/mol. The van der Waals surface area contributed by atoms with Gasteiger partial charge in [0.1, 0.15) is 6.10 Å². The molecule has 6 nitrogen and oxygen atoms in total. The number of ether oxygens (including phenoxy) is 1. The van der Waals surface area contributed by atoms with Gasteiger partial charge in [-0.3, -0.25) is 10.2 Å². The van der Waals surface area contributed by atoms with Crippen LogP contribution in [0.25, 0.3) is 0 Å². The summed E-state index contributed by atoms with van der Waals surface area (Å²) in [7, 11) is 1.38. The molecule has 0 unspecified atom stereocenters. The second-order valence-corrected chi connectivity index (χ2v) is 2.87. The summed E-state index contributed by atoms with van der Waals surface area (Å²) in [5.41, 5.74) is 7.23. The van der Waals surface area contributed by atoms with Gasteiger partial charge in [0.15, 0.2) is 0 Å². The highest BCUT2D eigenvalue weighted by Crippen LogP contribution is 2.11. The quantitative estimate of drug-likeness (QED) is 0.527. The molecular weight excluding hydrogens is 174 g/mol. The summed E-state index contributed by atoms with van der Waals surface area (Å²) in [5, 5.41) is 0.935. The molecule has 0 bridgehead atoms. The van der Waals surface area contributed by atoms with E-state index in [1.165, 1.54) is 7.05 Å². The molecule has 1 atom stereocenters. The molecule has 0 aromatic carbocycles.